The summed E-state index contributed by atoms with van der Waals surface area (Å²) in [7, 11) is 0. The van der Waals surface area contributed by atoms with Crippen LogP contribution in [0.25, 0.3) is 0 Å². The van der Waals surface area contributed by atoms with E-state index in [-0.39, 0.29) is 5.91 Å². The van der Waals surface area contributed by atoms with E-state index >= 15 is 0 Å². The number of hydrogen-bond acceptors (Lipinski definition) is 3. The van der Waals surface area contributed by atoms with E-state index in [2.05, 4.69) is 33.0 Å². The van der Waals surface area contributed by atoms with Crippen molar-refractivity contribution in [3.8, 4) is 5.75 Å². The molecule has 4 heteroatoms. The van der Waals surface area contributed by atoms with Crippen LogP contribution >= 0.6 is 0 Å². The maximum Gasteiger partial charge on any atom is 0.220 e. The van der Waals surface area contributed by atoms with Gasteiger partial charge in [-0.1, -0.05) is 33.8 Å². The number of rotatable bonds is 9. The van der Waals surface area contributed by atoms with E-state index in [0.717, 1.165) is 24.3 Å². The van der Waals surface area contributed by atoms with Gasteiger partial charge in [-0.15, -0.1) is 0 Å². The van der Waals surface area contributed by atoms with Crippen molar-refractivity contribution in [3.05, 3.63) is 23.8 Å². The van der Waals surface area contributed by atoms with Gasteiger partial charge in [0.15, 0.2) is 0 Å². The number of hydrogen-bond donors (Lipinski definition) is 2. The lowest BCUT2D eigenvalue weighted by Crippen LogP contribution is -2.27. The number of anilines is 1. The van der Waals surface area contributed by atoms with Gasteiger partial charge in [-0.25, -0.2) is 0 Å². The summed E-state index contributed by atoms with van der Waals surface area (Å²) >= 11 is 0. The zero-order valence-electron chi connectivity index (χ0n) is 14.3. The van der Waals surface area contributed by atoms with E-state index in [1.807, 2.05) is 18.2 Å². The molecule has 1 aromatic rings. The quantitative estimate of drug-likeness (QED) is 0.687. The minimum atomic E-state index is 0.0875. The molecule has 0 aliphatic rings. The summed E-state index contributed by atoms with van der Waals surface area (Å²) in [4.78, 5) is 11.7. The molecule has 0 aliphatic carbocycles. The highest BCUT2D eigenvalue weighted by molar-refractivity contribution is 5.76. The summed E-state index contributed by atoms with van der Waals surface area (Å²) in [5.41, 5.74) is 7.72. The normalized spacial score (nSPS) is 11.0. The van der Waals surface area contributed by atoms with E-state index < -0.39 is 0 Å². The summed E-state index contributed by atoms with van der Waals surface area (Å²) in [5, 5.41) is 2.92. The van der Waals surface area contributed by atoms with Crippen LogP contribution in [0, 0.1) is 11.8 Å². The fraction of sp³-hybridized carbons (Fsp3) is 0.611. The highest BCUT2D eigenvalue weighted by Gasteiger charge is 2.06. The Morgan fingerprint density at radius 1 is 1.23 bits per heavy atom. The van der Waals surface area contributed by atoms with E-state index in [9.17, 15) is 4.79 Å². The van der Waals surface area contributed by atoms with Crippen LogP contribution in [-0.4, -0.2) is 19.1 Å². The minimum absolute atomic E-state index is 0.0875. The van der Waals surface area contributed by atoms with Gasteiger partial charge in [0.2, 0.25) is 5.91 Å². The molecule has 0 heterocycles. The van der Waals surface area contributed by atoms with Gasteiger partial charge in [0, 0.05) is 13.0 Å². The number of nitrogen functional groups attached to an aromatic ring is 1. The monoisotopic (exact) mass is 306 g/mol. The average molecular weight is 306 g/mol. The fourth-order valence-corrected chi connectivity index (χ4v) is 1.95. The third kappa shape index (κ3) is 7.34. The predicted octanol–water partition coefficient (Wildman–Crippen LogP) is 3.40. The molecule has 124 valence electrons. The molecule has 1 rings (SSSR count). The highest BCUT2D eigenvalue weighted by Crippen LogP contribution is 2.23. The lowest BCUT2D eigenvalue weighted by atomic mass is 10.1. The molecule has 4 nitrogen and oxygen atoms in total. The number of nitrogens with one attached hydrogen (secondary N) is 1. The maximum atomic E-state index is 11.7. The Bertz CT molecular complexity index is 470. The van der Waals surface area contributed by atoms with Gasteiger partial charge in [-0.3, -0.25) is 4.79 Å². The van der Waals surface area contributed by atoms with Crippen LogP contribution in [0.15, 0.2) is 18.2 Å². The minimum Gasteiger partial charge on any atom is -0.491 e. The molecule has 1 amide bonds. The van der Waals surface area contributed by atoms with Gasteiger partial charge in [-0.2, -0.15) is 0 Å². The third-order valence-electron chi connectivity index (χ3n) is 3.38. The molecule has 0 aromatic heterocycles. The van der Waals surface area contributed by atoms with Gasteiger partial charge in [-0.05, 0) is 42.4 Å². The maximum absolute atomic E-state index is 11.7. The number of benzene rings is 1. The van der Waals surface area contributed by atoms with Crippen LogP contribution in [0.3, 0.4) is 0 Å². The molecule has 0 spiro atoms. The molecule has 0 saturated carbocycles. The number of aryl methyl sites for hydroxylation is 1. The van der Waals surface area contributed by atoms with Crippen molar-refractivity contribution >= 4 is 11.6 Å². The SMILES string of the molecule is CC(C)CCOc1ccc(CCC(=O)NCC(C)C)cc1N. The fourth-order valence-electron chi connectivity index (χ4n) is 1.95. The predicted molar refractivity (Wildman–Crippen MR) is 92.0 cm³/mol. The van der Waals surface area contributed by atoms with E-state index in [1.165, 1.54) is 0 Å². The first-order chi connectivity index (χ1) is 10.4. The van der Waals surface area contributed by atoms with Crippen LogP contribution in [0.5, 0.6) is 5.75 Å². The number of nitrogens with two attached hydrogens (primary N) is 1. The lowest BCUT2D eigenvalue weighted by molar-refractivity contribution is -0.121. The van der Waals surface area contributed by atoms with Crippen molar-refractivity contribution in [1.82, 2.24) is 5.32 Å². The molecule has 0 fully saturated rings. The van der Waals surface area contributed by atoms with E-state index in [4.69, 9.17) is 10.5 Å². The summed E-state index contributed by atoms with van der Waals surface area (Å²) < 4.78 is 5.69. The van der Waals surface area contributed by atoms with Crippen molar-refractivity contribution in [2.24, 2.45) is 11.8 Å². The van der Waals surface area contributed by atoms with Crippen molar-refractivity contribution < 1.29 is 9.53 Å². The Balaban J connectivity index is 2.42. The molecule has 0 saturated heterocycles. The molecule has 1 aromatic carbocycles. The van der Waals surface area contributed by atoms with Gasteiger partial charge >= 0.3 is 0 Å². The van der Waals surface area contributed by atoms with Gasteiger partial charge < -0.3 is 15.8 Å². The first-order valence-electron chi connectivity index (χ1n) is 8.16. The van der Waals surface area contributed by atoms with Crippen LogP contribution in [-0.2, 0) is 11.2 Å². The largest absolute Gasteiger partial charge is 0.491 e. The molecule has 0 radical (unpaired) electrons. The van der Waals surface area contributed by atoms with Crippen LogP contribution < -0.4 is 15.8 Å². The summed E-state index contributed by atoms with van der Waals surface area (Å²) in [6, 6.07) is 5.79. The zero-order chi connectivity index (χ0) is 16.5. The number of carbonyl (C=O) groups excluding carboxylic acids is 1. The molecule has 0 atom stereocenters. The summed E-state index contributed by atoms with van der Waals surface area (Å²) in [5.74, 6) is 1.91. The van der Waals surface area contributed by atoms with Crippen LogP contribution in [0.1, 0.15) is 46.1 Å². The second kappa shape index (κ2) is 9.34. The number of carbonyl (C=O) groups is 1. The van der Waals surface area contributed by atoms with Crippen molar-refractivity contribution in [3.63, 3.8) is 0 Å². The molecule has 0 aliphatic heterocycles. The van der Waals surface area contributed by atoms with Crippen molar-refractivity contribution in [2.45, 2.75) is 47.0 Å². The Morgan fingerprint density at radius 2 is 1.95 bits per heavy atom. The standard InChI is InChI=1S/C18H30N2O2/c1-13(2)9-10-22-17-7-5-15(11-16(17)19)6-8-18(21)20-12-14(3)4/h5,7,11,13-14H,6,8-10,12,19H2,1-4H3,(H,20,21). The molecule has 0 unspecified atom stereocenters. The molecule has 22 heavy (non-hydrogen) atoms. The van der Waals surface area contributed by atoms with Gasteiger partial charge in [0.05, 0.1) is 12.3 Å². The first-order valence-corrected chi connectivity index (χ1v) is 8.16. The van der Waals surface area contributed by atoms with Crippen molar-refractivity contribution in [2.75, 3.05) is 18.9 Å². The number of ether oxygens (including phenoxy) is 1. The molecule has 0 bridgehead atoms. The summed E-state index contributed by atoms with van der Waals surface area (Å²) in [6.45, 7) is 9.90. The van der Waals surface area contributed by atoms with Gasteiger partial charge in [0.1, 0.15) is 5.75 Å². The topological polar surface area (TPSA) is 64.3 Å². The Kier molecular flexibility index (Phi) is 7.78. The molecular weight excluding hydrogens is 276 g/mol. The van der Waals surface area contributed by atoms with Crippen molar-refractivity contribution in [1.29, 1.82) is 0 Å². The average Bonchev–Trinajstić information content (AvgIpc) is 2.44. The Morgan fingerprint density at radius 3 is 2.55 bits per heavy atom. The highest BCUT2D eigenvalue weighted by atomic mass is 16.5. The zero-order valence-corrected chi connectivity index (χ0v) is 14.3. The Labute approximate surface area is 134 Å². The third-order valence-corrected chi connectivity index (χ3v) is 3.38. The van der Waals surface area contributed by atoms with Crippen LogP contribution in [0.4, 0.5) is 5.69 Å². The second-order valence-electron chi connectivity index (χ2n) is 6.60. The summed E-state index contributed by atoms with van der Waals surface area (Å²) in [6.07, 6.45) is 2.19. The first kappa shape index (κ1) is 18.3. The smallest absolute Gasteiger partial charge is 0.220 e. The lowest BCUT2D eigenvalue weighted by Gasteiger charge is -2.12. The Hall–Kier alpha value is -1.71. The molecule has 3 N–H and O–H groups in total. The van der Waals surface area contributed by atoms with E-state index in [0.29, 0.717) is 37.0 Å². The number of amides is 1. The molecular formula is C18H30N2O2. The van der Waals surface area contributed by atoms with Gasteiger partial charge in [0.25, 0.3) is 0 Å². The second-order valence-corrected chi connectivity index (χ2v) is 6.60. The van der Waals surface area contributed by atoms with Crippen LogP contribution in [0.2, 0.25) is 0 Å². The van der Waals surface area contributed by atoms with E-state index in [1.54, 1.807) is 0 Å².